The largest absolute Gasteiger partial charge is 0.497 e. The van der Waals surface area contributed by atoms with E-state index in [0.29, 0.717) is 22.3 Å². The van der Waals surface area contributed by atoms with Crippen LogP contribution in [0.25, 0.3) is 0 Å². The van der Waals surface area contributed by atoms with E-state index < -0.39 is 0 Å². The summed E-state index contributed by atoms with van der Waals surface area (Å²) < 4.78 is 16.4. The predicted octanol–water partition coefficient (Wildman–Crippen LogP) is 4.75. The summed E-state index contributed by atoms with van der Waals surface area (Å²) in [6.07, 6.45) is 1.77. The molecular formula is C20H21Cl2NO4. The number of halogens is 2. The summed E-state index contributed by atoms with van der Waals surface area (Å²) in [6.45, 7) is 0.555. The van der Waals surface area contributed by atoms with Crippen LogP contribution in [-0.4, -0.2) is 38.2 Å². The Hall–Kier alpha value is -2.11. The minimum atomic E-state index is -0.113. The van der Waals surface area contributed by atoms with Crippen molar-refractivity contribution in [2.24, 2.45) is 0 Å². The molecule has 0 bridgehead atoms. The maximum atomic E-state index is 12.8. The third-order valence-electron chi connectivity index (χ3n) is 4.64. The number of carbonyl (C=O) groups excluding carboxylic acids is 1. The summed E-state index contributed by atoms with van der Waals surface area (Å²) in [5, 5.41) is 0.696. The summed E-state index contributed by atoms with van der Waals surface area (Å²) in [6, 6.07) is 10.6. The van der Waals surface area contributed by atoms with E-state index in [1.165, 1.54) is 0 Å². The van der Waals surface area contributed by atoms with Gasteiger partial charge >= 0.3 is 0 Å². The van der Waals surface area contributed by atoms with Crippen molar-refractivity contribution >= 4 is 29.1 Å². The molecule has 0 aliphatic carbocycles. The highest BCUT2D eigenvalue weighted by molar-refractivity contribution is 6.42. The van der Waals surface area contributed by atoms with E-state index in [0.717, 1.165) is 29.9 Å². The molecule has 27 heavy (non-hydrogen) atoms. The Balaban J connectivity index is 1.76. The molecule has 5 nitrogen and oxygen atoms in total. The Morgan fingerprint density at radius 1 is 1.15 bits per heavy atom. The van der Waals surface area contributed by atoms with Crippen LogP contribution in [0.1, 0.15) is 24.4 Å². The van der Waals surface area contributed by atoms with Gasteiger partial charge < -0.3 is 19.1 Å². The molecule has 0 saturated carbocycles. The van der Waals surface area contributed by atoms with Crippen LogP contribution in [0.3, 0.4) is 0 Å². The molecule has 7 heteroatoms. The zero-order valence-electron chi connectivity index (χ0n) is 15.2. The van der Waals surface area contributed by atoms with E-state index in [1.807, 2.05) is 23.1 Å². The standard InChI is InChI=1S/C20H21Cl2NO4/c1-25-13-8-9-17(26-2)14(11-13)16-6-4-10-23(16)19(24)12-27-18-7-3-5-15(21)20(18)22/h3,5,7-9,11,16H,4,6,10,12H2,1-2H3/t16-/m0/s1. The smallest absolute Gasteiger partial charge is 0.261 e. The molecule has 0 unspecified atom stereocenters. The van der Waals surface area contributed by atoms with Crippen LogP contribution in [0.5, 0.6) is 17.2 Å². The molecule has 1 amide bonds. The van der Waals surface area contributed by atoms with Crippen molar-refractivity contribution in [2.75, 3.05) is 27.4 Å². The summed E-state index contributed by atoms with van der Waals surface area (Å²) in [5.74, 6) is 1.75. The minimum Gasteiger partial charge on any atom is -0.497 e. The summed E-state index contributed by atoms with van der Waals surface area (Å²) in [4.78, 5) is 14.6. The molecule has 1 saturated heterocycles. The number of hydrogen-bond donors (Lipinski definition) is 0. The molecule has 1 heterocycles. The molecule has 1 atom stereocenters. The molecule has 1 fully saturated rings. The maximum Gasteiger partial charge on any atom is 0.261 e. The quantitative estimate of drug-likeness (QED) is 0.690. The van der Waals surface area contributed by atoms with Gasteiger partial charge in [-0.15, -0.1) is 0 Å². The van der Waals surface area contributed by atoms with Gasteiger partial charge in [0, 0.05) is 12.1 Å². The first-order valence-electron chi connectivity index (χ1n) is 8.63. The molecule has 2 aromatic carbocycles. The SMILES string of the molecule is COc1ccc(OC)c([C@@H]2CCCN2C(=O)COc2cccc(Cl)c2Cl)c1. The topological polar surface area (TPSA) is 48.0 Å². The molecule has 0 radical (unpaired) electrons. The molecular weight excluding hydrogens is 389 g/mol. The number of likely N-dealkylation sites (tertiary alicyclic amines) is 1. The second-order valence-electron chi connectivity index (χ2n) is 6.19. The Morgan fingerprint density at radius 3 is 2.70 bits per heavy atom. The van der Waals surface area contributed by atoms with E-state index >= 15 is 0 Å². The lowest BCUT2D eigenvalue weighted by atomic mass is 10.0. The van der Waals surface area contributed by atoms with Gasteiger partial charge in [0.25, 0.3) is 5.91 Å². The Morgan fingerprint density at radius 2 is 1.96 bits per heavy atom. The minimum absolute atomic E-state index is 0.0824. The van der Waals surface area contributed by atoms with Crippen molar-refractivity contribution in [2.45, 2.75) is 18.9 Å². The van der Waals surface area contributed by atoms with Crippen molar-refractivity contribution < 1.29 is 19.0 Å². The first kappa shape index (κ1) is 19.6. The zero-order chi connectivity index (χ0) is 19.4. The van der Waals surface area contributed by atoms with E-state index in [1.54, 1.807) is 32.4 Å². The van der Waals surface area contributed by atoms with E-state index in [9.17, 15) is 4.79 Å². The monoisotopic (exact) mass is 409 g/mol. The normalized spacial score (nSPS) is 16.3. The van der Waals surface area contributed by atoms with Crippen LogP contribution in [0, 0.1) is 0 Å². The Labute approximate surface area is 168 Å². The highest BCUT2D eigenvalue weighted by atomic mass is 35.5. The zero-order valence-corrected chi connectivity index (χ0v) is 16.7. The van der Waals surface area contributed by atoms with Crippen molar-refractivity contribution in [1.29, 1.82) is 0 Å². The van der Waals surface area contributed by atoms with Gasteiger partial charge in [0.05, 0.1) is 25.3 Å². The molecule has 0 N–H and O–H groups in total. The van der Waals surface area contributed by atoms with Gasteiger partial charge in [0.2, 0.25) is 0 Å². The van der Waals surface area contributed by atoms with E-state index in [2.05, 4.69) is 0 Å². The molecule has 1 aliphatic heterocycles. The van der Waals surface area contributed by atoms with E-state index in [-0.39, 0.29) is 18.6 Å². The number of ether oxygens (including phenoxy) is 3. The van der Waals surface area contributed by atoms with Crippen LogP contribution >= 0.6 is 23.2 Å². The third kappa shape index (κ3) is 4.25. The number of carbonyl (C=O) groups is 1. The van der Waals surface area contributed by atoms with Gasteiger partial charge in [-0.2, -0.15) is 0 Å². The number of benzene rings is 2. The first-order valence-corrected chi connectivity index (χ1v) is 9.39. The van der Waals surface area contributed by atoms with Crippen LogP contribution in [0.15, 0.2) is 36.4 Å². The lowest BCUT2D eigenvalue weighted by Gasteiger charge is -2.26. The van der Waals surface area contributed by atoms with Gasteiger partial charge in [0.1, 0.15) is 22.3 Å². The molecule has 144 valence electrons. The predicted molar refractivity (Wildman–Crippen MR) is 105 cm³/mol. The number of hydrogen-bond acceptors (Lipinski definition) is 4. The first-order chi connectivity index (χ1) is 13.0. The molecule has 0 aromatic heterocycles. The number of methoxy groups -OCH3 is 2. The molecule has 1 aliphatic rings. The summed E-state index contributed by atoms with van der Waals surface area (Å²) in [7, 11) is 3.24. The van der Waals surface area contributed by atoms with Gasteiger partial charge in [-0.3, -0.25) is 4.79 Å². The maximum absolute atomic E-state index is 12.8. The number of rotatable bonds is 6. The fourth-order valence-corrected chi connectivity index (χ4v) is 3.65. The molecule has 2 aromatic rings. The molecule has 0 spiro atoms. The van der Waals surface area contributed by atoms with Crippen LogP contribution < -0.4 is 14.2 Å². The van der Waals surface area contributed by atoms with Gasteiger partial charge in [-0.25, -0.2) is 0 Å². The fourth-order valence-electron chi connectivity index (χ4n) is 3.31. The third-order valence-corrected chi connectivity index (χ3v) is 5.44. The lowest BCUT2D eigenvalue weighted by Crippen LogP contribution is -2.34. The van der Waals surface area contributed by atoms with Crippen molar-refractivity contribution in [3.63, 3.8) is 0 Å². The van der Waals surface area contributed by atoms with Gasteiger partial charge in [-0.05, 0) is 43.2 Å². The van der Waals surface area contributed by atoms with Crippen molar-refractivity contribution in [3.05, 3.63) is 52.0 Å². The highest BCUT2D eigenvalue weighted by Gasteiger charge is 2.32. The van der Waals surface area contributed by atoms with Crippen LogP contribution in [0.2, 0.25) is 10.0 Å². The Kier molecular flexibility index (Phi) is 6.34. The van der Waals surface area contributed by atoms with E-state index in [4.69, 9.17) is 37.4 Å². The summed E-state index contributed by atoms with van der Waals surface area (Å²) in [5.41, 5.74) is 0.934. The molecule has 3 rings (SSSR count). The fraction of sp³-hybridized carbons (Fsp3) is 0.350. The van der Waals surface area contributed by atoms with Crippen molar-refractivity contribution in [1.82, 2.24) is 4.90 Å². The van der Waals surface area contributed by atoms with Gasteiger partial charge in [-0.1, -0.05) is 29.3 Å². The average molecular weight is 410 g/mol. The number of nitrogens with zero attached hydrogens (tertiary/aromatic N) is 1. The van der Waals surface area contributed by atoms with Crippen molar-refractivity contribution in [3.8, 4) is 17.2 Å². The average Bonchev–Trinajstić information content (AvgIpc) is 3.18. The lowest BCUT2D eigenvalue weighted by molar-refractivity contribution is -0.134. The number of amides is 1. The summed E-state index contributed by atoms with van der Waals surface area (Å²) >= 11 is 12.1. The van der Waals surface area contributed by atoms with Crippen LogP contribution in [-0.2, 0) is 4.79 Å². The Bertz CT molecular complexity index is 828. The second-order valence-corrected chi connectivity index (χ2v) is 6.98. The highest BCUT2D eigenvalue weighted by Crippen LogP contribution is 2.39. The second kappa shape index (κ2) is 8.72. The van der Waals surface area contributed by atoms with Crippen LogP contribution in [0.4, 0.5) is 0 Å². The van der Waals surface area contributed by atoms with Gasteiger partial charge in [0.15, 0.2) is 6.61 Å².